The topological polar surface area (TPSA) is 67.4 Å². The maximum atomic E-state index is 14.2. The first-order valence-corrected chi connectivity index (χ1v) is 11.0. The zero-order valence-corrected chi connectivity index (χ0v) is 18.2. The molecule has 0 bridgehead atoms. The molecular weight excluding hydrogens is 426 g/mol. The van der Waals surface area contributed by atoms with Gasteiger partial charge >= 0.3 is 0 Å². The van der Waals surface area contributed by atoms with Crippen LogP contribution >= 0.6 is 0 Å². The van der Waals surface area contributed by atoms with Crippen molar-refractivity contribution in [2.75, 3.05) is 31.6 Å². The van der Waals surface area contributed by atoms with E-state index in [1.54, 1.807) is 6.20 Å². The zero-order valence-electron chi connectivity index (χ0n) is 18.2. The predicted molar refractivity (Wildman–Crippen MR) is 121 cm³/mol. The molecule has 3 aromatic rings. The quantitative estimate of drug-likeness (QED) is 0.626. The van der Waals surface area contributed by atoms with E-state index in [2.05, 4.69) is 21.6 Å². The number of anilines is 1. The number of fused-ring (bicyclic) bond motifs is 1. The molecule has 8 heteroatoms. The number of aromatic nitrogens is 2. The third-order valence-corrected chi connectivity index (χ3v) is 6.32. The molecular formula is C25H24F2N4O2. The zero-order chi connectivity index (χ0) is 22.9. The summed E-state index contributed by atoms with van der Waals surface area (Å²) < 4.78 is 32.7. The molecule has 1 amide bonds. The first kappa shape index (κ1) is 21.5. The lowest BCUT2D eigenvalue weighted by atomic mass is 9.96. The molecule has 0 spiro atoms. The van der Waals surface area contributed by atoms with Gasteiger partial charge in [0.1, 0.15) is 11.6 Å². The van der Waals surface area contributed by atoms with E-state index in [0.717, 1.165) is 29.1 Å². The lowest BCUT2D eigenvalue weighted by Crippen LogP contribution is -2.46. The Bertz CT molecular complexity index is 1240. The van der Waals surface area contributed by atoms with E-state index in [9.17, 15) is 13.6 Å². The summed E-state index contributed by atoms with van der Waals surface area (Å²) in [5, 5.41) is 12.4. The summed E-state index contributed by atoms with van der Waals surface area (Å²) in [6.07, 6.45) is 4.48. The van der Waals surface area contributed by atoms with Crippen LogP contribution in [0.1, 0.15) is 30.5 Å². The Balaban J connectivity index is 1.38. The van der Waals surface area contributed by atoms with Gasteiger partial charge in [-0.2, -0.15) is 10.2 Å². The van der Waals surface area contributed by atoms with Crippen LogP contribution in [0.2, 0.25) is 0 Å². The molecule has 0 radical (unpaired) electrons. The second-order valence-corrected chi connectivity index (χ2v) is 8.52. The van der Waals surface area contributed by atoms with E-state index in [1.165, 1.54) is 17.7 Å². The minimum Gasteiger partial charge on any atom is -0.380 e. The van der Waals surface area contributed by atoms with Crippen LogP contribution in [-0.2, 0) is 9.53 Å². The third kappa shape index (κ3) is 4.30. The number of carbonyl (C=O) groups excluding carboxylic acids is 1. The molecule has 0 unspecified atom stereocenters. The first-order chi connectivity index (χ1) is 16.0. The smallest absolute Gasteiger partial charge is 0.230 e. The molecule has 1 saturated heterocycles. The first-order valence-electron chi connectivity index (χ1n) is 11.0. The van der Waals surface area contributed by atoms with E-state index in [-0.39, 0.29) is 11.8 Å². The van der Waals surface area contributed by atoms with Crippen LogP contribution in [0.15, 0.2) is 48.7 Å². The monoisotopic (exact) mass is 450 g/mol. The van der Waals surface area contributed by atoms with Gasteiger partial charge in [0.05, 0.1) is 42.6 Å². The van der Waals surface area contributed by atoms with Crippen molar-refractivity contribution in [1.29, 1.82) is 0 Å². The van der Waals surface area contributed by atoms with Crippen molar-refractivity contribution in [2.24, 2.45) is 5.92 Å². The average molecular weight is 450 g/mol. The SMILES string of the molecule is C[C@@H](Nc1cnnc2ccc(C3=CCN(C(=O)C4COC4)CC3)cc12)c1ccc(F)cc1F. The molecule has 3 heterocycles. The molecule has 5 rings (SSSR count). The van der Waals surface area contributed by atoms with Crippen LogP contribution < -0.4 is 5.32 Å². The number of benzene rings is 2. The average Bonchev–Trinajstić information content (AvgIpc) is 2.78. The molecule has 6 nitrogen and oxygen atoms in total. The molecule has 1 atom stereocenters. The van der Waals surface area contributed by atoms with Gasteiger partial charge in [0.15, 0.2) is 0 Å². The summed E-state index contributed by atoms with van der Waals surface area (Å²) in [6.45, 7) is 4.12. The van der Waals surface area contributed by atoms with Crippen molar-refractivity contribution in [2.45, 2.75) is 19.4 Å². The van der Waals surface area contributed by atoms with Gasteiger partial charge in [-0.3, -0.25) is 4.79 Å². The van der Waals surface area contributed by atoms with Crippen LogP contribution in [-0.4, -0.2) is 47.3 Å². The Morgan fingerprint density at radius 2 is 2.06 bits per heavy atom. The summed E-state index contributed by atoms with van der Waals surface area (Å²) in [5.74, 6) is -1.03. The number of nitrogens with one attached hydrogen (secondary N) is 1. The Morgan fingerprint density at radius 1 is 1.21 bits per heavy atom. The van der Waals surface area contributed by atoms with Gasteiger partial charge in [0.2, 0.25) is 5.91 Å². The summed E-state index contributed by atoms with van der Waals surface area (Å²) in [6, 6.07) is 9.15. The van der Waals surface area contributed by atoms with Crippen LogP contribution in [0.3, 0.4) is 0 Å². The highest BCUT2D eigenvalue weighted by atomic mass is 19.1. The second kappa shape index (κ2) is 8.86. The Morgan fingerprint density at radius 3 is 2.76 bits per heavy atom. The van der Waals surface area contributed by atoms with Gasteiger partial charge in [-0.05, 0) is 42.7 Å². The van der Waals surface area contributed by atoms with Crippen molar-refractivity contribution < 1.29 is 18.3 Å². The standard InChI is InChI=1S/C25H24F2N4O2/c1-15(20-4-3-19(26)11-22(20)27)29-24-12-28-30-23-5-2-17(10-21(23)24)16-6-8-31(9-7-16)25(32)18-13-33-14-18/h2-6,10-12,15,18H,7-9,13-14H2,1H3,(H,29,30)/t15-/m1/s1. The van der Waals surface area contributed by atoms with E-state index in [1.807, 2.05) is 30.0 Å². The summed E-state index contributed by atoms with van der Waals surface area (Å²) >= 11 is 0. The lowest BCUT2D eigenvalue weighted by molar-refractivity contribution is -0.149. The van der Waals surface area contributed by atoms with Crippen LogP contribution in [0.4, 0.5) is 14.5 Å². The molecule has 2 aliphatic heterocycles. The number of halogens is 2. The number of ether oxygens (including phenoxy) is 1. The van der Waals surface area contributed by atoms with Crippen molar-refractivity contribution in [1.82, 2.24) is 15.1 Å². The maximum absolute atomic E-state index is 14.2. The minimum absolute atomic E-state index is 0.000703. The molecule has 1 N–H and O–H groups in total. The summed E-state index contributed by atoms with van der Waals surface area (Å²) in [5.41, 5.74) is 4.03. The molecule has 0 saturated carbocycles. The fourth-order valence-corrected chi connectivity index (χ4v) is 4.30. The van der Waals surface area contributed by atoms with Crippen LogP contribution in [0, 0.1) is 17.6 Å². The Kier molecular flexibility index (Phi) is 5.76. The third-order valence-electron chi connectivity index (χ3n) is 6.32. The fourth-order valence-electron chi connectivity index (χ4n) is 4.30. The number of hydrogen-bond acceptors (Lipinski definition) is 5. The number of carbonyl (C=O) groups is 1. The molecule has 1 fully saturated rings. The number of amides is 1. The molecule has 1 aromatic heterocycles. The van der Waals surface area contributed by atoms with E-state index < -0.39 is 17.7 Å². The summed E-state index contributed by atoms with van der Waals surface area (Å²) in [7, 11) is 0. The molecule has 33 heavy (non-hydrogen) atoms. The number of hydrogen-bond donors (Lipinski definition) is 1. The van der Waals surface area contributed by atoms with Crippen molar-refractivity contribution >= 4 is 28.1 Å². The molecule has 170 valence electrons. The minimum atomic E-state index is -0.605. The highest BCUT2D eigenvalue weighted by molar-refractivity contribution is 5.93. The van der Waals surface area contributed by atoms with Crippen molar-refractivity contribution in [3.05, 3.63) is 71.4 Å². The van der Waals surface area contributed by atoms with Gasteiger partial charge < -0.3 is 15.0 Å². The van der Waals surface area contributed by atoms with Gasteiger partial charge in [0, 0.05) is 30.1 Å². The fraction of sp³-hybridized carbons (Fsp3) is 0.320. The highest BCUT2D eigenvalue weighted by Gasteiger charge is 2.31. The lowest BCUT2D eigenvalue weighted by Gasteiger charge is -2.33. The van der Waals surface area contributed by atoms with Crippen molar-refractivity contribution in [3.8, 4) is 0 Å². The molecule has 0 aliphatic carbocycles. The van der Waals surface area contributed by atoms with Gasteiger partial charge in [-0.1, -0.05) is 18.2 Å². The predicted octanol–water partition coefficient (Wildman–Crippen LogP) is 4.34. The Labute approximate surface area is 190 Å². The normalized spacial score (nSPS) is 17.4. The second-order valence-electron chi connectivity index (χ2n) is 8.52. The van der Waals surface area contributed by atoms with Crippen molar-refractivity contribution in [3.63, 3.8) is 0 Å². The molecule has 2 aliphatic rings. The van der Waals surface area contributed by atoms with Gasteiger partial charge in [0.25, 0.3) is 0 Å². The van der Waals surface area contributed by atoms with Crippen LogP contribution in [0.5, 0.6) is 0 Å². The van der Waals surface area contributed by atoms with E-state index in [4.69, 9.17) is 4.74 Å². The largest absolute Gasteiger partial charge is 0.380 e. The number of nitrogens with zero attached hydrogens (tertiary/aromatic N) is 3. The highest BCUT2D eigenvalue weighted by Crippen LogP contribution is 2.31. The molecule has 2 aromatic carbocycles. The van der Waals surface area contributed by atoms with Gasteiger partial charge in [-0.15, -0.1) is 0 Å². The van der Waals surface area contributed by atoms with E-state index >= 15 is 0 Å². The maximum Gasteiger partial charge on any atom is 0.230 e. The Hall–Kier alpha value is -3.39. The number of rotatable bonds is 5. The van der Waals surface area contributed by atoms with Gasteiger partial charge in [-0.25, -0.2) is 8.78 Å². The van der Waals surface area contributed by atoms with Crippen LogP contribution in [0.25, 0.3) is 16.5 Å². The van der Waals surface area contributed by atoms with E-state index in [0.29, 0.717) is 37.4 Å². The summed E-state index contributed by atoms with van der Waals surface area (Å²) in [4.78, 5) is 14.3.